The molecule has 2 rings (SSSR count). The highest BCUT2D eigenvalue weighted by Crippen LogP contribution is 2.30. The fraction of sp³-hybridized carbons (Fsp3) is 0.409. The van der Waals surface area contributed by atoms with Crippen molar-refractivity contribution in [3.8, 4) is 0 Å². The van der Waals surface area contributed by atoms with Crippen LogP contribution in [0.15, 0.2) is 36.4 Å². The predicted molar refractivity (Wildman–Crippen MR) is 116 cm³/mol. The number of hydrogen-bond donors (Lipinski definition) is 2. The summed E-state index contributed by atoms with van der Waals surface area (Å²) in [6.07, 6.45) is 6.54. The lowest BCUT2D eigenvalue weighted by atomic mass is 10.1. The number of anilines is 3. The maximum absolute atomic E-state index is 12.2. The molecule has 29 heavy (non-hydrogen) atoms. The van der Waals surface area contributed by atoms with Gasteiger partial charge in [-0.25, -0.2) is 4.79 Å². The second kappa shape index (κ2) is 11.0. The van der Waals surface area contributed by atoms with Gasteiger partial charge in [0.2, 0.25) is 0 Å². The van der Waals surface area contributed by atoms with Crippen LogP contribution in [0.3, 0.4) is 0 Å². The Kier molecular flexibility index (Phi) is 8.45. The molecule has 0 bridgehead atoms. The SMILES string of the molecule is CCCCCCCCOC(=O)c1ccc(Nc2ccc(C)c(N)c2)c([N+](=O)[O-])c1. The van der Waals surface area contributed by atoms with E-state index < -0.39 is 10.9 Å². The highest BCUT2D eigenvalue weighted by Gasteiger charge is 2.18. The molecule has 0 unspecified atom stereocenters. The van der Waals surface area contributed by atoms with Crippen LogP contribution in [-0.2, 0) is 4.74 Å². The van der Waals surface area contributed by atoms with Crippen LogP contribution in [0.1, 0.15) is 61.4 Å². The number of nitrogens with one attached hydrogen (secondary N) is 1. The number of nitro groups is 1. The maximum Gasteiger partial charge on any atom is 0.338 e. The van der Waals surface area contributed by atoms with E-state index in [2.05, 4.69) is 12.2 Å². The molecule has 0 amide bonds. The summed E-state index contributed by atoms with van der Waals surface area (Å²) in [5, 5.41) is 14.5. The average Bonchev–Trinajstić information content (AvgIpc) is 2.70. The molecule has 2 aromatic carbocycles. The van der Waals surface area contributed by atoms with Crippen molar-refractivity contribution < 1.29 is 14.5 Å². The van der Waals surface area contributed by atoms with E-state index >= 15 is 0 Å². The van der Waals surface area contributed by atoms with Gasteiger partial charge in [-0.15, -0.1) is 0 Å². The lowest BCUT2D eigenvalue weighted by molar-refractivity contribution is -0.383. The first kappa shape index (κ1) is 22.2. The Hall–Kier alpha value is -3.09. The summed E-state index contributed by atoms with van der Waals surface area (Å²) in [4.78, 5) is 23.2. The van der Waals surface area contributed by atoms with Crippen molar-refractivity contribution in [3.05, 3.63) is 57.6 Å². The molecule has 0 aliphatic heterocycles. The van der Waals surface area contributed by atoms with E-state index in [4.69, 9.17) is 10.5 Å². The number of unbranched alkanes of at least 4 members (excludes halogenated alkanes) is 5. The van der Waals surface area contributed by atoms with Crippen molar-refractivity contribution in [2.75, 3.05) is 17.7 Å². The highest BCUT2D eigenvalue weighted by atomic mass is 16.6. The second-order valence-electron chi connectivity index (χ2n) is 7.09. The van der Waals surface area contributed by atoms with Gasteiger partial charge in [0.1, 0.15) is 5.69 Å². The van der Waals surface area contributed by atoms with E-state index in [1.54, 1.807) is 12.1 Å². The van der Waals surface area contributed by atoms with Gasteiger partial charge in [-0.2, -0.15) is 0 Å². The number of hydrogen-bond acceptors (Lipinski definition) is 6. The van der Waals surface area contributed by atoms with Gasteiger partial charge in [0.15, 0.2) is 0 Å². The summed E-state index contributed by atoms with van der Waals surface area (Å²) < 4.78 is 5.26. The van der Waals surface area contributed by atoms with Gasteiger partial charge in [0, 0.05) is 17.4 Å². The van der Waals surface area contributed by atoms with Crippen molar-refractivity contribution in [2.24, 2.45) is 0 Å². The molecule has 0 aliphatic rings. The van der Waals surface area contributed by atoms with Crippen LogP contribution in [0.25, 0.3) is 0 Å². The average molecular weight is 399 g/mol. The molecule has 0 saturated carbocycles. The summed E-state index contributed by atoms with van der Waals surface area (Å²) in [5.74, 6) is -0.548. The van der Waals surface area contributed by atoms with Gasteiger partial charge in [-0.05, 0) is 43.2 Å². The number of aryl methyl sites for hydroxylation is 1. The first-order chi connectivity index (χ1) is 13.9. The lowest BCUT2D eigenvalue weighted by Gasteiger charge is -2.10. The molecule has 7 nitrogen and oxygen atoms in total. The van der Waals surface area contributed by atoms with Gasteiger partial charge in [-0.3, -0.25) is 10.1 Å². The third-order valence-electron chi connectivity index (χ3n) is 4.72. The van der Waals surface area contributed by atoms with Crippen LogP contribution >= 0.6 is 0 Å². The lowest BCUT2D eigenvalue weighted by Crippen LogP contribution is -2.08. The van der Waals surface area contributed by atoms with E-state index in [-0.39, 0.29) is 16.9 Å². The third-order valence-corrected chi connectivity index (χ3v) is 4.72. The molecule has 0 saturated heterocycles. The van der Waals surface area contributed by atoms with Crippen LogP contribution in [0.2, 0.25) is 0 Å². The minimum absolute atomic E-state index is 0.164. The molecule has 0 aliphatic carbocycles. The van der Waals surface area contributed by atoms with Gasteiger partial charge >= 0.3 is 5.97 Å². The zero-order valence-corrected chi connectivity index (χ0v) is 17.1. The van der Waals surface area contributed by atoms with Crippen LogP contribution in [0.5, 0.6) is 0 Å². The molecule has 0 fully saturated rings. The van der Waals surface area contributed by atoms with Crippen molar-refractivity contribution in [1.82, 2.24) is 0 Å². The van der Waals surface area contributed by atoms with Gasteiger partial charge in [0.25, 0.3) is 5.69 Å². The van der Waals surface area contributed by atoms with Crippen LogP contribution in [0, 0.1) is 17.0 Å². The summed E-state index contributed by atoms with van der Waals surface area (Å²) in [6, 6.07) is 9.60. The van der Waals surface area contributed by atoms with E-state index in [0.29, 0.717) is 18.0 Å². The number of ether oxygens (including phenoxy) is 1. The van der Waals surface area contributed by atoms with Crippen molar-refractivity contribution in [3.63, 3.8) is 0 Å². The number of carbonyl (C=O) groups excluding carboxylic acids is 1. The van der Waals surface area contributed by atoms with E-state index in [0.717, 1.165) is 24.8 Å². The fourth-order valence-electron chi connectivity index (χ4n) is 2.92. The second-order valence-corrected chi connectivity index (χ2v) is 7.09. The van der Waals surface area contributed by atoms with Gasteiger partial charge < -0.3 is 15.8 Å². The molecule has 0 atom stereocenters. The monoisotopic (exact) mass is 399 g/mol. The Bertz CT molecular complexity index is 852. The van der Waals surface area contributed by atoms with Crippen LogP contribution in [-0.4, -0.2) is 17.5 Å². The number of nitrogens with zero attached hydrogens (tertiary/aromatic N) is 1. The largest absolute Gasteiger partial charge is 0.462 e. The summed E-state index contributed by atoms with van der Waals surface area (Å²) in [6.45, 7) is 4.37. The first-order valence-electron chi connectivity index (χ1n) is 10.0. The first-order valence-corrected chi connectivity index (χ1v) is 10.0. The normalized spacial score (nSPS) is 10.6. The van der Waals surface area contributed by atoms with Crippen molar-refractivity contribution in [1.29, 1.82) is 0 Å². The highest BCUT2D eigenvalue weighted by molar-refractivity contribution is 5.91. The zero-order chi connectivity index (χ0) is 21.2. The Labute approximate surface area is 171 Å². The van der Waals surface area contributed by atoms with E-state index in [1.807, 2.05) is 13.0 Å². The van der Waals surface area contributed by atoms with E-state index in [1.165, 1.54) is 37.5 Å². The molecular weight excluding hydrogens is 370 g/mol. The maximum atomic E-state index is 12.2. The molecule has 0 heterocycles. The van der Waals surface area contributed by atoms with Crippen LogP contribution in [0.4, 0.5) is 22.7 Å². The molecule has 2 aromatic rings. The van der Waals surface area contributed by atoms with Gasteiger partial charge in [-0.1, -0.05) is 45.1 Å². The number of esters is 1. The smallest absolute Gasteiger partial charge is 0.338 e. The Morgan fingerprint density at radius 2 is 1.83 bits per heavy atom. The Morgan fingerprint density at radius 3 is 2.52 bits per heavy atom. The number of nitrogens with two attached hydrogens (primary N) is 1. The minimum atomic E-state index is -0.548. The number of carbonyl (C=O) groups is 1. The number of rotatable bonds is 11. The molecule has 7 heteroatoms. The summed E-state index contributed by atoms with van der Waals surface area (Å²) in [7, 11) is 0. The van der Waals surface area contributed by atoms with Crippen molar-refractivity contribution >= 4 is 28.7 Å². The molecule has 0 aromatic heterocycles. The topological polar surface area (TPSA) is 107 Å². The van der Waals surface area contributed by atoms with Gasteiger partial charge in [0.05, 0.1) is 17.1 Å². The number of nitrogen functional groups attached to an aromatic ring is 1. The fourth-order valence-corrected chi connectivity index (χ4v) is 2.92. The van der Waals surface area contributed by atoms with E-state index in [9.17, 15) is 14.9 Å². The molecule has 156 valence electrons. The third kappa shape index (κ3) is 6.78. The van der Waals surface area contributed by atoms with Crippen molar-refractivity contribution in [2.45, 2.75) is 52.4 Å². The predicted octanol–water partition coefficient (Wildman–Crippen LogP) is 5.75. The molecule has 0 spiro atoms. The number of nitro benzene ring substituents is 1. The Morgan fingerprint density at radius 1 is 1.10 bits per heavy atom. The quantitative estimate of drug-likeness (QED) is 0.164. The summed E-state index contributed by atoms with van der Waals surface area (Å²) >= 11 is 0. The van der Waals surface area contributed by atoms with Crippen LogP contribution < -0.4 is 11.1 Å². The zero-order valence-electron chi connectivity index (χ0n) is 17.1. The number of benzene rings is 2. The standard InChI is InChI=1S/C22H29N3O4/c1-3-4-5-6-7-8-13-29-22(26)17-10-12-20(21(14-17)25(27)28)24-18-11-9-16(2)19(23)15-18/h9-12,14-15,24H,3-8,13,23H2,1-2H3. The summed E-state index contributed by atoms with van der Waals surface area (Å²) in [5.41, 5.74) is 8.29. The Balaban J connectivity index is 2.00. The molecule has 0 radical (unpaired) electrons. The minimum Gasteiger partial charge on any atom is -0.462 e. The molecule has 3 N–H and O–H groups in total. The molecular formula is C22H29N3O4.